The molecule has 0 atom stereocenters. The van der Waals surface area contributed by atoms with Crippen molar-refractivity contribution in [3.05, 3.63) is 41.1 Å². The number of ether oxygens (including phenoxy) is 1. The van der Waals surface area contributed by atoms with E-state index in [0.29, 0.717) is 22.7 Å². The number of aromatic nitrogens is 2. The monoisotopic (exact) mass is 435 g/mol. The molecular weight excluding hydrogens is 406 g/mol. The van der Waals surface area contributed by atoms with Crippen molar-refractivity contribution in [2.24, 2.45) is 12.0 Å². The number of aryl methyl sites for hydroxylation is 2. The van der Waals surface area contributed by atoms with Crippen LogP contribution in [0, 0.1) is 6.92 Å². The number of nitrogen functional groups attached to an aromatic ring is 1. The van der Waals surface area contributed by atoms with Gasteiger partial charge in [-0.1, -0.05) is 0 Å². The lowest BCUT2D eigenvalue weighted by Crippen LogP contribution is -2.44. The molecule has 2 heterocycles. The van der Waals surface area contributed by atoms with Gasteiger partial charge in [0.15, 0.2) is 5.75 Å². The van der Waals surface area contributed by atoms with Gasteiger partial charge in [-0.05, 0) is 30.7 Å². The molecule has 168 valence electrons. The average molecular weight is 436 g/mol. The number of methoxy groups -OCH3 is 1. The number of amides is 1. The molecule has 9 heteroatoms. The quantitative estimate of drug-likeness (QED) is 0.419. The minimum Gasteiger partial charge on any atom is -0.494 e. The average Bonchev–Trinajstić information content (AvgIpc) is 3.18. The molecule has 3 aromatic rings. The van der Waals surface area contributed by atoms with E-state index in [-0.39, 0.29) is 5.91 Å². The summed E-state index contributed by atoms with van der Waals surface area (Å²) in [6.45, 7) is 5.51. The van der Waals surface area contributed by atoms with E-state index < -0.39 is 0 Å². The van der Waals surface area contributed by atoms with Crippen molar-refractivity contribution in [1.82, 2.24) is 15.1 Å². The molecule has 0 aliphatic carbocycles. The normalized spacial score (nSPS) is 14.3. The second kappa shape index (κ2) is 8.88. The second-order valence-electron chi connectivity index (χ2n) is 7.88. The number of nitrogens with zero attached hydrogens (tertiary/aromatic N) is 4. The van der Waals surface area contributed by atoms with Crippen LogP contribution < -0.4 is 26.0 Å². The Morgan fingerprint density at radius 3 is 2.78 bits per heavy atom. The van der Waals surface area contributed by atoms with Gasteiger partial charge in [-0.3, -0.25) is 14.5 Å². The van der Waals surface area contributed by atoms with Gasteiger partial charge in [0.1, 0.15) is 0 Å². The Labute approximate surface area is 187 Å². The summed E-state index contributed by atoms with van der Waals surface area (Å²) in [6.07, 6.45) is 3.60. The highest BCUT2D eigenvalue weighted by Gasteiger charge is 2.22. The number of carbonyl (C=O) groups excluding carboxylic acids is 1. The fourth-order valence-electron chi connectivity index (χ4n) is 4.21. The van der Waals surface area contributed by atoms with E-state index in [1.54, 1.807) is 31.1 Å². The van der Waals surface area contributed by atoms with Gasteiger partial charge < -0.3 is 26.0 Å². The first-order valence-electron chi connectivity index (χ1n) is 10.6. The molecule has 0 spiro atoms. The van der Waals surface area contributed by atoms with Gasteiger partial charge in [-0.25, -0.2) is 0 Å². The maximum atomic E-state index is 13.3. The first kappa shape index (κ1) is 21.6. The minimum atomic E-state index is -0.305. The first-order valence-corrected chi connectivity index (χ1v) is 10.6. The van der Waals surface area contributed by atoms with Gasteiger partial charge in [0.2, 0.25) is 0 Å². The van der Waals surface area contributed by atoms with Crippen LogP contribution in [0.4, 0.5) is 17.1 Å². The SMILES string of the molecule is CN=Cc1c(N2CCNCC2)ccc(C(=O)Nc2cc(C)c3nn(C)cc3c2OC)c1N. The van der Waals surface area contributed by atoms with Gasteiger partial charge in [-0.15, -0.1) is 0 Å². The minimum absolute atomic E-state index is 0.305. The Morgan fingerprint density at radius 1 is 1.34 bits per heavy atom. The van der Waals surface area contributed by atoms with Gasteiger partial charge in [-0.2, -0.15) is 5.10 Å². The molecule has 1 fully saturated rings. The molecule has 1 saturated heterocycles. The van der Waals surface area contributed by atoms with Crippen LogP contribution in [0.2, 0.25) is 0 Å². The zero-order chi connectivity index (χ0) is 22.8. The number of carbonyl (C=O) groups is 1. The molecule has 4 N–H and O–H groups in total. The summed E-state index contributed by atoms with van der Waals surface area (Å²) in [5, 5.41) is 11.6. The van der Waals surface area contributed by atoms with E-state index in [1.807, 2.05) is 32.3 Å². The van der Waals surface area contributed by atoms with Crippen LogP contribution in [0.5, 0.6) is 5.75 Å². The number of nitrogens with two attached hydrogens (primary N) is 1. The maximum absolute atomic E-state index is 13.3. The van der Waals surface area contributed by atoms with Gasteiger partial charge in [0.25, 0.3) is 5.91 Å². The van der Waals surface area contributed by atoms with Crippen molar-refractivity contribution in [3.63, 3.8) is 0 Å². The summed E-state index contributed by atoms with van der Waals surface area (Å²) in [5.41, 5.74) is 11.4. The van der Waals surface area contributed by atoms with E-state index in [9.17, 15) is 4.79 Å². The van der Waals surface area contributed by atoms with Crippen molar-refractivity contribution in [2.75, 3.05) is 56.3 Å². The Bertz CT molecular complexity index is 1190. The predicted octanol–water partition coefficient (Wildman–Crippen LogP) is 2.18. The number of anilines is 3. The topological polar surface area (TPSA) is 110 Å². The fraction of sp³-hybridized carbons (Fsp3) is 0.348. The molecule has 0 bridgehead atoms. The van der Waals surface area contributed by atoms with E-state index in [1.165, 1.54) is 0 Å². The standard InChI is InChI=1S/C23H29N7O2/c1-14-11-18(22(32-4)17-13-29(3)28-21(14)17)27-23(31)15-5-6-19(16(12-25-2)20(15)24)30-9-7-26-8-10-30/h5-6,11-13,26H,7-10,24H2,1-4H3,(H,27,31). The van der Waals surface area contributed by atoms with E-state index in [0.717, 1.165) is 53.9 Å². The lowest BCUT2D eigenvalue weighted by Gasteiger charge is -2.31. The molecule has 4 rings (SSSR count). The van der Waals surface area contributed by atoms with Gasteiger partial charge in [0, 0.05) is 63.9 Å². The number of rotatable bonds is 5. The summed E-state index contributed by atoms with van der Waals surface area (Å²) in [5.74, 6) is 0.263. The number of benzene rings is 2. The zero-order valence-electron chi connectivity index (χ0n) is 18.9. The molecule has 32 heavy (non-hydrogen) atoms. The Morgan fingerprint density at radius 2 is 2.09 bits per heavy atom. The number of hydrogen-bond donors (Lipinski definition) is 3. The molecule has 0 unspecified atom stereocenters. The van der Waals surface area contributed by atoms with Crippen LogP contribution in [-0.4, -0.2) is 62.2 Å². The number of aliphatic imine (C=N–C) groups is 1. The van der Waals surface area contributed by atoms with Gasteiger partial charge >= 0.3 is 0 Å². The lowest BCUT2D eigenvalue weighted by atomic mass is 10.0. The molecule has 1 aliphatic rings. The van der Waals surface area contributed by atoms with Crippen LogP contribution in [0.3, 0.4) is 0 Å². The van der Waals surface area contributed by atoms with Crippen molar-refractivity contribution >= 4 is 40.1 Å². The molecule has 2 aromatic carbocycles. The van der Waals surface area contributed by atoms with Crippen molar-refractivity contribution in [1.29, 1.82) is 0 Å². The van der Waals surface area contributed by atoms with Gasteiger partial charge in [0.05, 0.1) is 35.0 Å². The van der Waals surface area contributed by atoms with Crippen LogP contribution >= 0.6 is 0 Å². The number of hydrogen-bond acceptors (Lipinski definition) is 7. The Kier molecular flexibility index (Phi) is 6.00. The summed E-state index contributed by atoms with van der Waals surface area (Å²) in [7, 11) is 5.14. The van der Waals surface area contributed by atoms with E-state index in [4.69, 9.17) is 10.5 Å². The van der Waals surface area contributed by atoms with Crippen molar-refractivity contribution < 1.29 is 9.53 Å². The smallest absolute Gasteiger partial charge is 0.257 e. The Balaban J connectivity index is 1.72. The van der Waals surface area contributed by atoms with Crippen molar-refractivity contribution in [2.45, 2.75) is 6.92 Å². The predicted molar refractivity (Wildman–Crippen MR) is 129 cm³/mol. The molecular formula is C23H29N7O2. The number of nitrogens with one attached hydrogen (secondary N) is 2. The fourth-order valence-corrected chi connectivity index (χ4v) is 4.21. The highest BCUT2D eigenvalue weighted by molar-refractivity contribution is 6.13. The summed E-state index contributed by atoms with van der Waals surface area (Å²) >= 11 is 0. The number of fused-ring (bicyclic) bond motifs is 1. The van der Waals surface area contributed by atoms with E-state index >= 15 is 0 Å². The number of piperazine rings is 1. The molecule has 0 radical (unpaired) electrons. The van der Waals surface area contributed by atoms with Crippen LogP contribution in [0.25, 0.3) is 10.9 Å². The molecule has 0 saturated carbocycles. The highest BCUT2D eigenvalue weighted by Crippen LogP contribution is 2.36. The van der Waals surface area contributed by atoms with E-state index in [2.05, 4.69) is 25.6 Å². The highest BCUT2D eigenvalue weighted by atomic mass is 16.5. The second-order valence-corrected chi connectivity index (χ2v) is 7.88. The summed E-state index contributed by atoms with van der Waals surface area (Å²) in [6, 6.07) is 5.59. The van der Waals surface area contributed by atoms with Crippen LogP contribution in [0.1, 0.15) is 21.5 Å². The third-order valence-corrected chi connectivity index (χ3v) is 5.73. The van der Waals surface area contributed by atoms with Crippen molar-refractivity contribution in [3.8, 4) is 5.75 Å². The van der Waals surface area contributed by atoms with Crippen LogP contribution in [0.15, 0.2) is 29.4 Å². The molecule has 1 aliphatic heterocycles. The third kappa shape index (κ3) is 3.87. The zero-order valence-corrected chi connectivity index (χ0v) is 18.9. The maximum Gasteiger partial charge on any atom is 0.257 e. The summed E-state index contributed by atoms with van der Waals surface area (Å²) < 4.78 is 7.35. The molecule has 1 aromatic heterocycles. The molecule has 9 nitrogen and oxygen atoms in total. The lowest BCUT2D eigenvalue weighted by molar-refractivity contribution is 0.102. The molecule has 1 amide bonds. The Hall–Kier alpha value is -3.59. The third-order valence-electron chi connectivity index (χ3n) is 5.73. The summed E-state index contributed by atoms with van der Waals surface area (Å²) in [4.78, 5) is 19.7. The van der Waals surface area contributed by atoms with Crippen LogP contribution in [-0.2, 0) is 7.05 Å². The largest absolute Gasteiger partial charge is 0.494 e. The first-order chi connectivity index (χ1) is 15.4.